The molecule has 2 nitrogen and oxygen atoms in total. The van der Waals surface area contributed by atoms with Gasteiger partial charge in [0.05, 0.1) is 6.04 Å². The van der Waals surface area contributed by atoms with Gasteiger partial charge in [-0.3, -0.25) is 4.90 Å². The molecule has 5 rings (SSSR count). The van der Waals surface area contributed by atoms with Gasteiger partial charge >= 0.3 is 0 Å². The Hall–Kier alpha value is -2.58. The molecule has 0 amide bonds. The van der Waals surface area contributed by atoms with E-state index in [2.05, 4.69) is 84.3 Å². The van der Waals surface area contributed by atoms with Crippen LogP contribution in [0.25, 0.3) is 10.8 Å². The number of hydrogen-bond donors (Lipinski definition) is 0. The fraction of sp³-hybridized carbons (Fsp3) is 0.308. The van der Waals surface area contributed by atoms with E-state index in [1.54, 1.807) is 0 Å². The molecule has 3 atom stereocenters. The van der Waals surface area contributed by atoms with Gasteiger partial charge in [0.2, 0.25) is 0 Å². The summed E-state index contributed by atoms with van der Waals surface area (Å²) in [6, 6.07) is 24.8. The van der Waals surface area contributed by atoms with Crippen LogP contribution in [0.15, 0.2) is 79.4 Å². The van der Waals surface area contributed by atoms with Crippen molar-refractivity contribution >= 4 is 10.8 Å². The highest BCUT2D eigenvalue weighted by Crippen LogP contribution is 2.48. The van der Waals surface area contributed by atoms with E-state index >= 15 is 0 Å². The number of piperidine rings is 1. The van der Waals surface area contributed by atoms with Crippen LogP contribution in [0.4, 0.5) is 0 Å². The van der Waals surface area contributed by atoms with Crippen LogP contribution in [0, 0.1) is 0 Å². The van der Waals surface area contributed by atoms with Crippen molar-refractivity contribution in [2.75, 3.05) is 0 Å². The molecule has 0 radical (unpaired) electrons. The predicted octanol–water partition coefficient (Wildman–Crippen LogP) is 6.47. The highest BCUT2D eigenvalue weighted by Gasteiger charge is 2.43. The summed E-state index contributed by atoms with van der Waals surface area (Å²) in [5.41, 5.74) is 2.69. The molecule has 3 aromatic rings. The Morgan fingerprint density at radius 1 is 0.964 bits per heavy atom. The van der Waals surface area contributed by atoms with Gasteiger partial charge in [-0.2, -0.15) is 0 Å². The summed E-state index contributed by atoms with van der Waals surface area (Å²) in [4.78, 5) is 2.66. The fourth-order valence-corrected chi connectivity index (χ4v) is 5.09. The first kappa shape index (κ1) is 17.5. The molecule has 0 aliphatic carbocycles. The van der Waals surface area contributed by atoms with Gasteiger partial charge in [-0.1, -0.05) is 66.7 Å². The van der Waals surface area contributed by atoms with E-state index in [0.29, 0.717) is 6.04 Å². The van der Waals surface area contributed by atoms with Gasteiger partial charge < -0.3 is 4.74 Å². The van der Waals surface area contributed by atoms with Crippen molar-refractivity contribution in [1.29, 1.82) is 0 Å². The smallest absolute Gasteiger partial charge is 0.153 e. The van der Waals surface area contributed by atoms with Crippen LogP contribution in [0.2, 0.25) is 0 Å². The van der Waals surface area contributed by atoms with Crippen molar-refractivity contribution in [1.82, 2.24) is 4.90 Å². The fourth-order valence-electron chi connectivity index (χ4n) is 5.09. The van der Waals surface area contributed by atoms with Crippen LogP contribution in [0.3, 0.4) is 0 Å². The van der Waals surface area contributed by atoms with Gasteiger partial charge in [0.1, 0.15) is 5.75 Å². The number of hydrogen-bond acceptors (Lipinski definition) is 2. The summed E-state index contributed by atoms with van der Waals surface area (Å²) >= 11 is 0. The van der Waals surface area contributed by atoms with E-state index in [1.165, 1.54) is 34.7 Å². The van der Waals surface area contributed by atoms with Crippen LogP contribution in [-0.2, 0) is 0 Å². The number of ether oxygens (including phenoxy) is 1. The molecule has 0 spiro atoms. The molecule has 2 heterocycles. The molecular formula is C26H27NO. The lowest BCUT2D eigenvalue weighted by Gasteiger charge is -2.50. The Labute approximate surface area is 167 Å². The number of benzene rings is 3. The largest absolute Gasteiger partial charge is 0.475 e. The SMILES string of the molecule is C=CCC[C@@H]1CCC[C@@H]2Oc3ccc4ccccc4c3[C@@H](c3ccccc3)N12. The highest BCUT2D eigenvalue weighted by atomic mass is 16.5. The lowest BCUT2D eigenvalue weighted by Crippen LogP contribution is -2.53. The third-order valence-electron chi connectivity index (χ3n) is 6.33. The number of fused-ring (bicyclic) bond motifs is 4. The average Bonchev–Trinajstić information content (AvgIpc) is 2.76. The zero-order valence-corrected chi connectivity index (χ0v) is 16.3. The second-order valence-corrected chi connectivity index (χ2v) is 7.98. The van der Waals surface area contributed by atoms with Crippen molar-refractivity contribution < 1.29 is 4.74 Å². The van der Waals surface area contributed by atoms with Crippen molar-refractivity contribution in [3.8, 4) is 5.75 Å². The van der Waals surface area contributed by atoms with Crippen LogP contribution < -0.4 is 4.74 Å². The van der Waals surface area contributed by atoms with E-state index < -0.39 is 0 Å². The van der Waals surface area contributed by atoms with Gasteiger partial charge in [-0.25, -0.2) is 0 Å². The Balaban J connectivity index is 1.72. The highest BCUT2D eigenvalue weighted by molar-refractivity contribution is 5.89. The van der Waals surface area contributed by atoms with Crippen molar-refractivity contribution in [2.24, 2.45) is 0 Å². The number of nitrogens with zero attached hydrogens (tertiary/aromatic N) is 1. The first-order valence-electron chi connectivity index (χ1n) is 10.5. The van der Waals surface area contributed by atoms with Gasteiger partial charge in [0, 0.05) is 11.6 Å². The zero-order valence-electron chi connectivity index (χ0n) is 16.3. The molecule has 0 N–H and O–H groups in total. The first-order valence-corrected chi connectivity index (χ1v) is 10.5. The van der Waals surface area contributed by atoms with E-state index in [9.17, 15) is 0 Å². The minimum atomic E-state index is 0.155. The normalized spacial score (nSPS) is 24.2. The Morgan fingerprint density at radius 2 is 1.79 bits per heavy atom. The lowest BCUT2D eigenvalue weighted by molar-refractivity contribution is -0.0762. The standard InChI is InChI=1S/C26H27NO/c1-2-3-13-21-14-9-16-24-27(21)26(20-11-5-4-6-12-20)25-22-15-8-7-10-19(22)17-18-23(25)28-24/h2,4-8,10-12,15,17-18,21,24,26H,1,3,9,13-14,16H2/t21-,24+,26-/m1/s1. The molecule has 0 aromatic heterocycles. The topological polar surface area (TPSA) is 12.5 Å². The average molecular weight is 370 g/mol. The molecule has 1 saturated heterocycles. The predicted molar refractivity (Wildman–Crippen MR) is 116 cm³/mol. The molecule has 3 aromatic carbocycles. The third-order valence-corrected chi connectivity index (χ3v) is 6.33. The summed E-state index contributed by atoms with van der Waals surface area (Å²) in [5, 5.41) is 2.59. The first-order chi connectivity index (χ1) is 13.9. The molecule has 142 valence electrons. The van der Waals surface area contributed by atoms with Crippen LogP contribution in [0.5, 0.6) is 5.75 Å². The Morgan fingerprint density at radius 3 is 2.64 bits per heavy atom. The molecule has 0 bridgehead atoms. The van der Waals surface area contributed by atoms with E-state index in [1.807, 2.05) is 0 Å². The van der Waals surface area contributed by atoms with E-state index in [4.69, 9.17) is 4.74 Å². The van der Waals surface area contributed by atoms with Gasteiger partial charge in [0.25, 0.3) is 0 Å². The van der Waals surface area contributed by atoms with Crippen molar-refractivity contribution in [3.63, 3.8) is 0 Å². The van der Waals surface area contributed by atoms with Crippen LogP contribution >= 0.6 is 0 Å². The maximum Gasteiger partial charge on any atom is 0.153 e. The third kappa shape index (κ3) is 2.93. The summed E-state index contributed by atoms with van der Waals surface area (Å²) in [6.45, 7) is 3.95. The molecule has 28 heavy (non-hydrogen) atoms. The lowest BCUT2D eigenvalue weighted by atomic mass is 9.85. The maximum atomic E-state index is 6.61. The molecule has 2 aliphatic heterocycles. The van der Waals surface area contributed by atoms with Crippen LogP contribution in [0.1, 0.15) is 49.3 Å². The van der Waals surface area contributed by atoms with Crippen LogP contribution in [-0.4, -0.2) is 17.2 Å². The molecule has 2 aliphatic rings. The number of rotatable bonds is 4. The number of allylic oxidation sites excluding steroid dienone is 1. The molecule has 0 saturated carbocycles. The second kappa shape index (κ2) is 7.44. The minimum Gasteiger partial charge on any atom is -0.475 e. The summed E-state index contributed by atoms with van der Waals surface area (Å²) in [7, 11) is 0. The van der Waals surface area contributed by atoms with E-state index in [-0.39, 0.29) is 12.3 Å². The molecule has 2 heteroatoms. The monoisotopic (exact) mass is 369 g/mol. The summed E-state index contributed by atoms with van der Waals surface area (Å²) in [5.74, 6) is 1.05. The van der Waals surface area contributed by atoms with Gasteiger partial charge in [-0.05, 0) is 54.5 Å². The molecular weight excluding hydrogens is 342 g/mol. The molecule has 1 fully saturated rings. The Kier molecular flexibility index (Phi) is 4.66. The quantitative estimate of drug-likeness (QED) is 0.489. The summed E-state index contributed by atoms with van der Waals surface area (Å²) in [6.07, 6.45) is 7.97. The van der Waals surface area contributed by atoms with E-state index in [0.717, 1.165) is 25.0 Å². The molecule has 0 unspecified atom stereocenters. The zero-order chi connectivity index (χ0) is 18.9. The van der Waals surface area contributed by atoms with Crippen molar-refractivity contribution in [2.45, 2.75) is 50.4 Å². The van der Waals surface area contributed by atoms with Crippen molar-refractivity contribution in [3.05, 3.63) is 90.5 Å². The van der Waals surface area contributed by atoms with Gasteiger partial charge in [0.15, 0.2) is 6.23 Å². The minimum absolute atomic E-state index is 0.155. The summed E-state index contributed by atoms with van der Waals surface area (Å²) < 4.78 is 6.61. The second-order valence-electron chi connectivity index (χ2n) is 7.98. The Bertz CT molecular complexity index is 980. The maximum absolute atomic E-state index is 6.61. The van der Waals surface area contributed by atoms with Gasteiger partial charge in [-0.15, -0.1) is 6.58 Å².